The highest BCUT2D eigenvalue weighted by atomic mass is 16.2. The molecule has 2 amide bonds. The normalized spacial score (nSPS) is 22.5. The van der Waals surface area contributed by atoms with Crippen molar-refractivity contribution in [2.45, 2.75) is 33.6 Å². The molecule has 0 aliphatic carbocycles. The van der Waals surface area contributed by atoms with E-state index in [1.165, 1.54) is 0 Å². The van der Waals surface area contributed by atoms with Gasteiger partial charge in [-0.05, 0) is 19.9 Å². The third kappa shape index (κ3) is 3.96. The maximum Gasteiger partial charge on any atom is 0.227 e. The van der Waals surface area contributed by atoms with Crippen molar-refractivity contribution in [2.75, 3.05) is 46.3 Å². The second-order valence-electron chi connectivity index (χ2n) is 7.45. The van der Waals surface area contributed by atoms with E-state index in [0.29, 0.717) is 5.91 Å². The van der Waals surface area contributed by atoms with Crippen LogP contribution in [0.5, 0.6) is 0 Å². The Morgan fingerprint density at radius 3 is 1.86 bits per heavy atom. The average molecular weight is 295 g/mol. The maximum absolute atomic E-state index is 12.5. The van der Waals surface area contributed by atoms with Gasteiger partial charge in [0.1, 0.15) is 0 Å². The van der Waals surface area contributed by atoms with Crippen molar-refractivity contribution in [1.82, 2.24) is 14.7 Å². The zero-order valence-electron chi connectivity index (χ0n) is 13.9. The zero-order valence-corrected chi connectivity index (χ0v) is 13.9. The van der Waals surface area contributed by atoms with E-state index in [2.05, 4.69) is 11.9 Å². The van der Waals surface area contributed by atoms with Crippen molar-refractivity contribution in [1.29, 1.82) is 0 Å². The number of rotatable bonds is 1. The fraction of sp³-hybridized carbons (Fsp3) is 0.875. The molecule has 120 valence electrons. The summed E-state index contributed by atoms with van der Waals surface area (Å²) in [5.74, 6) is 0.608. The minimum absolute atomic E-state index is 0.109. The Hall–Kier alpha value is -1.10. The summed E-state index contributed by atoms with van der Waals surface area (Å²) in [4.78, 5) is 31.0. The van der Waals surface area contributed by atoms with Crippen LogP contribution in [-0.2, 0) is 9.59 Å². The summed E-state index contributed by atoms with van der Waals surface area (Å²) in [6.45, 7) is 10.9. The topological polar surface area (TPSA) is 43.9 Å². The molecule has 2 aliphatic rings. The molecule has 2 fully saturated rings. The molecule has 0 spiro atoms. The molecule has 0 N–H and O–H groups in total. The lowest BCUT2D eigenvalue weighted by Gasteiger charge is -2.38. The van der Waals surface area contributed by atoms with Crippen molar-refractivity contribution >= 4 is 11.8 Å². The van der Waals surface area contributed by atoms with Crippen molar-refractivity contribution in [3.05, 3.63) is 0 Å². The Labute approximate surface area is 128 Å². The second-order valence-corrected chi connectivity index (χ2v) is 7.45. The molecule has 2 saturated heterocycles. The van der Waals surface area contributed by atoms with Crippen LogP contribution in [0.3, 0.4) is 0 Å². The van der Waals surface area contributed by atoms with E-state index in [1.54, 1.807) is 0 Å². The highest BCUT2D eigenvalue weighted by molar-refractivity contribution is 5.82. The molecule has 0 aromatic rings. The van der Waals surface area contributed by atoms with E-state index in [0.717, 1.165) is 52.1 Å². The number of likely N-dealkylation sites (N-methyl/N-ethyl adjacent to an activating group) is 1. The first-order chi connectivity index (χ1) is 9.79. The summed E-state index contributed by atoms with van der Waals surface area (Å²) < 4.78 is 0. The van der Waals surface area contributed by atoms with Gasteiger partial charge in [0.05, 0.1) is 0 Å². The third-order valence-electron chi connectivity index (χ3n) is 4.59. The van der Waals surface area contributed by atoms with Gasteiger partial charge < -0.3 is 14.7 Å². The molecule has 0 aromatic heterocycles. The summed E-state index contributed by atoms with van der Waals surface area (Å²) >= 11 is 0. The van der Waals surface area contributed by atoms with Crippen LogP contribution in [0.1, 0.15) is 33.6 Å². The first kappa shape index (κ1) is 16.3. The molecule has 0 saturated carbocycles. The van der Waals surface area contributed by atoms with Crippen molar-refractivity contribution < 1.29 is 9.59 Å². The van der Waals surface area contributed by atoms with Gasteiger partial charge in [-0.3, -0.25) is 9.59 Å². The number of piperidine rings is 1. The van der Waals surface area contributed by atoms with Gasteiger partial charge >= 0.3 is 0 Å². The Morgan fingerprint density at radius 1 is 0.857 bits per heavy atom. The van der Waals surface area contributed by atoms with Crippen molar-refractivity contribution in [2.24, 2.45) is 11.3 Å². The summed E-state index contributed by atoms with van der Waals surface area (Å²) in [7, 11) is 2.10. The van der Waals surface area contributed by atoms with Gasteiger partial charge in [0, 0.05) is 50.6 Å². The summed E-state index contributed by atoms with van der Waals surface area (Å²) in [6, 6.07) is 0. The number of hydrogen-bond donors (Lipinski definition) is 0. The Kier molecular flexibility index (Phi) is 4.91. The fourth-order valence-electron chi connectivity index (χ4n) is 3.09. The molecular weight excluding hydrogens is 266 g/mol. The smallest absolute Gasteiger partial charge is 0.227 e. The van der Waals surface area contributed by atoms with E-state index in [1.807, 2.05) is 30.6 Å². The minimum atomic E-state index is -0.325. The van der Waals surface area contributed by atoms with Crippen LogP contribution in [0.2, 0.25) is 0 Å². The quantitative estimate of drug-likeness (QED) is 0.726. The number of amides is 2. The van der Waals surface area contributed by atoms with Gasteiger partial charge in [-0.15, -0.1) is 0 Å². The van der Waals surface area contributed by atoms with Crippen LogP contribution in [0, 0.1) is 11.3 Å². The molecule has 2 heterocycles. The highest BCUT2D eigenvalue weighted by Crippen LogP contribution is 2.25. The van der Waals surface area contributed by atoms with E-state index in [9.17, 15) is 9.59 Å². The lowest BCUT2D eigenvalue weighted by atomic mass is 9.90. The van der Waals surface area contributed by atoms with Crippen LogP contribution >= 0.6 is 0 Å². The minimum Gasteiger partial charge on any atom is -0.342 e. The molecule has 5 nitrogen and oxygen atoms in total. The van der Waals surface area contributed by atoms with Gasteiger partial charge in [-0.2, -0.15) is 0 Å². The summed E-state index contributed by atoms with van der Waals surface area (Å²) in [5.41, 5.74) is -0.325. The van der Waals surface area contributed by atoms with E-state index < -0.39 is 0 Å². The number of carbonyl (C=O) groups is 2. The largest absolute Gasteiger partial charge is 0.342 e. The van der Waals surface area contributed by atoms with Gasteiger partial charge in [0.25, 0.3) is 0 Å². The van der Waals surface area contributed by atoms with Gasteiger partial charge in [-0.1, -0.05) is 20.8 Å². The summed E-state index contributed by atoms with van der Waals surface area (Å²) in [6.07, 6.45) is 1.62. The van der Waals surface area contributed by atoms with Gasteiger partial charge in [0.15, 0.2) is 0 Å². The van der Waals surface area contributed by atoms with Crippen LogP contribution in [0.25, 0.3) is 0 Å². The first-order valence-electron chi connectivity index (χ1n) is 8.06. The molecule has 0 radical (unpaired) electrons. The molecular formula is C16H29N3O2. The lowest BCUT2D eigenvalue weighted by Crippen LogP contribution is -2.51. The Morgan fingerprint density at radius 2 is 1.38 bits per heavy atom. The summed E-state index contributed by atoms with van der Waals surface area (Å²) in [5, 5.41) is 0. The van der Waals surface area contributed by atoms with Crippen LogP contribution in [0.4, 0.5) is 0 Å². The van der Waals surface area contributed by atoms with Crippen LogP contribution < -0.4 is 0 Å². The van der Waals surface area contributed by atoms with E-state index >= 15 is 0 Å². The van der Waals surface area contributed by atoms with Crippen molar-refractivity contribution in [3.8, 4) is 0 Å². The second kappa shape index (κ2) is 6.34. The fourth-order valence-corrected chi connectivity index (χ4v) is 3.09. The number of carbonyl (C=O) groups excluding carboxylic acids is 2. The highest BCUT2D eigenvalue weighted by Gasteiger charge is 2.34. The van der Waals surface area contributed by atoms with Crippen LogP contribution in [0.15, 0.2) is 0 Å². The zero-order chi connectivity index (χ0) is 15.6. The van der Waals surface area contributed by atoms with Gasteiger partial charge in [0.2, 0.25) is 11.8 Å². The number of likely N-dealkylation sites (tertiary alicyclic amines) is 1. The average Bonchev–Trinajstić information content (AvgIpc) is 2.46. The molecule has 0 bridgehead atoms. The van der Waals surface area contributed by atoms with Gasteiger partial charge in [-0.25, -0.2) is 0 Å². The Bertz CT molecular complexity index is 387. The maximum atomic E-state index is 12.5. The molecule has 21 heavy (non-hydrogen) atoms. The third-order valence-corrected chi connectivity index (χ3v) is 4.59. The Balaban J connectivity index is 1.83. The van der Waals surface area contributed by atoms with E-state index in [4.69, 9.17) is 0 Å². The number of nitrogens with zero attached hydrogens (tertiary/aromatic N) is 3. The predicted molar refractivity (Wildman–Crippen MR) is 82.8 cm³/mol. The molecule has 2 aliphatic heterocycles. The molecule has 0 aromatic carbocycles. The molecule has 0 unspecified atom stereocenters. The molecule has 0 atom stereocenters. The monoisotopic (exact) mass is 295 g/mol. The van der Waals surface area contributed by atoms with Crippen molar-refractivity contribution in [3.63, 3.8) is 0 Å². The standard InChI is InChI=1S/C16H29N3O2/c1-16(2,3)15(21)19-7-5-13(6-8-19)14(20)18-11-9-17(4)10-12-18/h13H,5-12H2,1-4H3. The SMILES string of the molecule is CN1CCN(C(=O)C2CCN(C(=O)C(C)(C)C)CC2)CC1. The number of piperazine rings is 1. The molecule has 2 rings (SSSR count). The molecule has 5 heteroatoms. The predicted octanol–water partition coefficient (Wildman–Crippen LogP) is 1.05. The van der Waals surface area contributed by atoms with E-state index in [-0.39, 0.29) is 17.2 Å². The van der Waals surface area contributed by atoms with Crippen LogP contribution in [-0.4, -0.2) is 72.8 Å². The first-order valence-corrected chi connectivity index (χ1v) is 8.06. The number of hydrogen-bond acceptors (Lipinski definition) is 3. The lowest BCUT2D eigenvalue weighted by molar-refractivity contribution is -0.145.